The van der Waals surface area contributed by atoms with E-state index in [-0.39, 0.29) is 24.0 Å². The topological polar surface area (TPSA) is 92.8 Å². The molecule has 1 saturated heterocycles. The van der Waals surface area contributed by atoms with Gasteiger partial charge in [0.25, 0.3) is 11.8 Å². The molecule has 2 aliphatic heterocycles. The van der Waals surface area contributed by atoms with Gasteiger partial charge >= 0.3 is 0 Å². The fourth-order valence-corrected chi connectivity index (χ4v) is 4.31. The van der Waals surface area contributed by atoms with Gasteiger partial charge in [-0.05, 0) is 42.8 Å². The van der Waals surface area contributed by atoms with Crippen LogP contribution in [0.3, 0.4) is 0 Å². The summed E-state index contributed by atoms with van der Waals surface area (Å²) in [5.41, 5.74) is 0.561. The minimum absolute atomic E-state index is 0.0945. The summed E-state index contributed by atoms with van der Waals surface area (Å²) < 4.78 is 5.15. The molecule has 28 heavy (non-hydrogen) atoms. The third kappa shape index (κ3) is 3.05. The van der Waals surface area contributed by atoms with Crippen molar-refractivity contribution in [2.24, 2.45) is 0 Å². The van der Waals surface area contributed by atoms with Gasteiger partial charge in [0.15, 0.2) is 0 Å². The number of methoxy groups -OCH3 is 1. The van der Waals surface area contributed by atoms with Gasteiger partial charge in [0.1, 0.15) is 11.8 Å². The zero-order valence-corrected chi connectivity index (χ0v) is 15.7. The van der Waals surface area contributed by atoms with Crippen LogP contribution in [0.25, 0.3) is 0 Å². The van der Waals surface area contributed by atoms with Gasteiger partial charge in [0.2, 0.25) is 11.8 Å². The highest BCUT2D eigenvalue weighted by atomic mass is 32.2. The molecule has 7 nitrogen and oxygen atoms in total. The smallest absolute Gasteiger partial charge is 0.263 e. The molecular weight excluding hydrogens is 380 g/mol. The number of amides is 4. The molecule has 2 aromatic carbocycles. The van der Waals surface area contributed by atoms with Crippen molar-refractivity contribution in [3.8, 4) is 5.75 Å². The number of rotatable bonds is 4. The second kappa shape index (κ2) is 7.12. The molecule has 0 bridgehead atoms. The van der Waals surface area contributed by atoms with Crippen LogP contribution in [0.2, 0.25) is 0 Å². The van der Waals surface area contributed by atoms with Gasteiger partial charge in [0, 0.05) is 16.2 Å². The Morgan fingerprint density at radius 2 is 1.79 bits per heavy atom. The van der Waals surface area contributed by atoms with Crippen LogP contribution in [0.5, 0.6) is 5.75 Å². The number of carbonyl (C=O) groups is 4. The van der Waals surface area contributed by atoms with Crippen molar-refractivity contribution in [2.75, 3.05) is 7.11 Å². The number of nitrogens with zero attached hydrogens (tertiary/aromatic N) is 1. The summed E-state index contributed by atoms with van der Waals surface area (Å²) in [5.74, 6) is -1.31. The second-order valence-corrected chi connectivity index (χ2v) is 7.52. The molecule has 8 heteroatoms. The summed E-state index contributed by atoms with van der Waals surface area (Å²) >= 11 is 1.36. The van der Waals surface area contributed by atoms with Gasteiger partial charge in [-0.3, -0.25) is 29.4 Å². The van der Waals surface area contributed by atoms with E-state index < -0.39 is 29.7 Å². The van der Waals surface area contributed by atoms with E-state index >= 15 is 0 Å². The molecule has 4 amide bonds. The molecule has 142 valence electrons. The Hall–Kier alpha value is -3.13. The number of hydrogen-bond acceptors (Lipinski definition) is 6. The summed E-state index contributed by atoms with van der Waals surface area (Å²) in [6, 6.07) is 11.5. The largest absolute Gasteiger partial charge is 0.497 e. The number of ether oxygens (including phenoxy) is 1. The molecule has 1 unspecified atom stereocenters. The maximum absolute atomic E-state index is 13.1. The predicted molar refractivity (Wildman–Crippen MR) is 100 cm³/mol. The summed E-state index contributed by atoms with van der Waals surface area (Å²) in [5, 5.41) is 2.20. The van der Waals surface area contributed by atoms with Crippen LogP contribution in [0.4, 0.5) is 0 Å². The van der Waals surface area contributed by atoms with Gasteiger partial charge in [-0.2, -0.15) is 0 Å². The maximum atomic E-state index is 13.1. The fourth-order valence-electron chi connectivity index (χ4n) is 3.34. The van der Waals surface area contributed by atoms with E-state index in [2.05, 4.69) is 5.32 Å². The molecule has 4 rings (SSSR count). The predicted octanol–water partition coefficient (Wildman–Crippen LogP) is 2.25. The van der Waals surface area contributed by atoms with Gasteiger partial charge in [0.05, 0.1) is 18.2 Å². The Morgan fingerprint density at radius 1 is 1.04 bits per heavy atom. The van der Waals surface area contributed by atoms with E-state index in [4.69, 9.17) is 4.74 Å². The third-order valence-electron chi connectivity index (χ3n) is 4.72. The minimum atomic E-state index is -0.969. The number of piperidine rings is 1. The second-order valence-electron chi connectivity index (χ2n) is 6.40. The molecule has 2 aromatic rings. The van der Waals surface area contributed by atoms with Crippen molar-refractivity contribution < 1.29 is 23.9 Å². The SMILES string of the molecule is COc1ccc(Sc2cccc3c2C(=O)N(C2CCC(=O)NC2=O)C3=O)cc1. The normalized spacial score (nSPS) is 18.9. The number of fused-ring (bicyclic) bond motifs is 1. The zero-order chi connectivity index (χ0) is 19.8. The standard InChI is InChI=1S/C20H16N2O5S/c1-27-11-5-7-12(8-6-11)28-15-4-2-3-13-17(15)20(26)22(19(13)25)14-9-10-16(23)21-18(14)24/h2-8,14H,9-10H2,1H3,(H,21,23,24). The van der Waals surface area contributed by atoms with E-state index in [0.29, 0.717) is 4.90 Å². The molecule has 2 heterocycles. The Balaban J connectivity index is 1.65. The molecule has 0 aromatic heterocycles. The van der Waals surface area contributed by atoms with E-state index in [1.165, 1.54) is 11.8 Å². The lowest BCUT2D eigenvalue weighted by molar-refractivity contribution is -0.136. The van der Waals surface area contributed by atoms with E-state index in [9.17, 15) is 19.2 Å². The minimum Gasteiger partial charge on any atom is -0.497 e. The van der Waals surface area contributed by atoms with Gasteiger partial charge in [-0.15, -0.1) is 0 Å². The molecular formula is C20H16N2O5S. The van der Waals surface area contributed by atoms with Crippen molar-refractivity contribution in [1.82, 2.24) is 10.2 Å². The summed E-state index contributed by atoms with van der Waals surface area (Å²) in [7, 11) is 1.58. The van der Waals surface area contributed by atoms with E-state index in [0.717, 1.165) is 15.5 Å². The van der Waals surface area contributed by atoms with Crippen LogP contribution in [0.15, 0.2) is 52.3 Å². The first-order valence-corrected chi connectivity index (χ1v) is 9.47. The highest BCUT2D eigenvalue weighted by molar-refractivity contribution is 7.99. The van der Waals surface area contributed by atoms with Gasteiger partial charge < -0.3 is 4.74 Å². The monoisotopic (exact) mass is 396 g/mol. The molecule has 0 spiro atoms. The van der Waals surface area contributed by atoms with Gasteiger partial charge in [-0.1, -0.05) is 17.8 Å². The number of nitrogens with one attached hydrogen (secondary N) is 1. The van der Waals surface area contributed by atoms with Crippen molar-refractivity contribution >= 4 is 35.4 Å². The summed E-state index contributed by atoms with van der Waals surface area (Å²) in [6.45, 7) is 0. The lowest BCUT2D eigenvalue weighted by Crippen LogP contribution is -2.54. The number of imide groups is 2. The van der Waals surface area contributed by atoms with Crippen molar-refractivity contribution in [3.05, 3.63) is 53.6 Å². The molecule has 1 N–H and O–H groups in total. The first-order valence-electron chi connectivity index (χ1n) is 8.66. The third-order valence-corrected chi connectivity index (χ3v) is 5.79. The Bertz CT molecular complexity index is 1000. The molecule has 1 atom stereocenters. The van der Waals surface area contributed by atoms with Crippen LogP contribution in [0.1, 0.15) is 33.6 Å². The first-order chi connectivity index (χ1) is 13.5. The van der Waals surface area contributed by atoms with Crippen LogP contribution in [-0.2, 0) is 9.59 Å². The lowest BCUT2D eigenvalue weighted by Gasteiger charge is -2.27. The quantitative estimate of drug-likeness (QED) is 0.797. The lowest BCUT2D eigenvalue weighted by atomic mass is 10.0. The molecule has 1 fully saturated rings. The van der Waals surface area contributed by atoms with E-state index in [1.54, 1.807) is 25.3 Å². The Morgan fingerprint density at radius 3 is 2.46 bits per heavy atom. The Kier molecular flexibility index (Phi) is 4.64. The molecule has 0 saturated carbocycles. The zero-order valence-electron chi connectivity index (χ0n) is 14.9. The van der Waals surface area contributed by atoms with Crippen LogP contribution >= 0.6 is 11.8 Å². The highest BCUT2D eigenvalue weighted by Crippen LogP contribution is 2.37. The van der Waals surface area contributed by atoms with Crippen LogP contribution in [-0.4, -0.2) is 41.7 Å². The highest BCUT2D eigenvalue weighted by Gasteiger charge is 2.45. The van der Waals surface area contributed by atoms with Crippen LogP contribution in [0, 0.1) is 0 Å². The average molecular weight is 396 g/mol. The Labute approximate surface area is 165 Å². The van der Waals surface area contributed by atoms with Crippen molar-refractivity contribution in [1.29, 1.82) is 0 Å². The maximum Gasteiger partial charge on any atom is 0.263 e. The van der Waals surface area contributed by atoms with Gasteiger partial charge in [-0.25, -0.2) is 0 Å². The molecule has 0 radical (unpaired) electrons. The number of hydrogen-bond donors (Lipinski definition) is 1. The van der Waals surface area contributed by atoms with Crippen molar-refractivity contribution in [3.63, 3.8) is 0 Å². The summed E-state index contributed by atoms with van der Waals surface area (Å²) in [6.07, 6.45) is 0.231. The van der Waals surface area contributed by atoms with E-state index in [1.807, 2.05) is 24.3 Å². The molecule has 2 aliphatic rings. The first kappa shape index (κ1) is 18.2. The van der Waals surface area contributed by atoms with Crippen LogP contribution < -0.4 is 10.1 Å². The number of benzene rings is 2. The summed E-state index contributed by atoms with van der Waals surface area (Å²) in [4.78, 5) is 51.9. The van der Waals surface area contributed by atoms with Crippen molar-refractivity contribution in [2.45, 2.75) is 28.7 Å². The average Bonchev–Trinajstić information content (AvgIpc) is 2.94. The molecule has 0 aliphatic carbocycles. The number of carbonyl (C=O) groups excluding carboxylic acids is 4. The fraction of sp³-hybridized carbons (Fsp3) is 0.200.